The molecule has 8 nitrogen and oxygen atoms in total. The summed E-state index contributed by atoms with van der Waals surface area (Å²) in [5, 5.41) is 22.5. The summed E-state index contributed by atoms with van der Waals surface area (Å²) in [5.41, 5.74) is 2.38. The minimum Gasteiger partial charge on any atom is -0.363 e. The molecular weight excluding hydrogens is 282 g/mol. The number of hydrogen-bond acceptors (Lipinski definition) is 7. The molecule has 108 valence electrons. The number of nitrogens with zero attached hydrogens (tertiary/aromatic N) is 6. The van der Waals surface area contributed by atoms with Gasteiger partial charge in [-0.15, -0.1) is 14.8 Å². The second kappa shape index (κ2) is 5.24. The minimum absolute atomic E-state index is 0.497. The van der Waals surface area contributed by atoms with E-state index < -0.39 is 0 Å². The van der Waals surface area contributed by atoms with E-state index in [0.29, 0.717) is 18.0 Å². The van der Waals surface area contributed by atoms with Gasteiger partial charge >= 0.3 is 0 Å². The molecule has 0 fully saturated rings. The maximum Gasteiger partial charge on any atom is 0.200 e. The van der Waals surface area contributed by atoms with E-state index in [1.165, 1.54) is 4.63 Å². The molecule has 0 aliphatic heterocycles. The van der Waals surface area contributed by atoms with Crippen molar-refractivity contribution >= 4 is 11.5 Å². The summed E-state index contributed by atoms with van der Waals surface area (Å²) in [4.78, 5) is 0. The highest BCUT2D eigenvalue weighted by Crippen LogP contribution is 2.20. The van der Waals surface area contributed by atoms with Crippen LogP contribution in [-0.2, 0) is 6.54 Å². The zero-order valence-electron chi connectivity index (χ0n) is 11.4. The molecule has 22 heavy (non-hydrogen) atoms. The Balaban J connectivity index is 1.48. The molecule has 0 saturated heterocycles. The van der Waals surface area contributed by atoms with E-state index in [2.05, 4.69) is 31.1 Å². The number of nitrogens with one attached hydrogen (secondary N) is 1. The molecular formula is C14H11N7O. The van der Waals surface area contributed by atoms with Gasteiger partial charge in [-0.1, -0.05) is 35.5 Å². The summed E-state index contributed by atoms with van der Waals surface area (Å²) in [6.45, 7) is 0.497. The largest absolute Gasteiger partial charge is 0.363 e. The molecule has 0 bridgehead atoms. The Morgan fingerprint density at radius 1 is 1.09 bits per heavy atom. The third kappa shape index (κ3) is 2.37. The van der Waals surface area contributed by atoms with Crippen LogP contribution in [0.2, 0.25) is 0 Å². The lowest BCUT2D eigenvalue weighted by atomic mass is 10.2. The van der Waals surface area contributed by atoms with Gasteiger partial charge in [-0.05, 0) is 22.6 Å². The molecule has 3 heterocycles. The summed E-state index contributed by atoms with van der Waals surface area (Å²) in [6, 6.07) is 15.3. The van der Waals surface area contributed by atoms with Gasteiger partial charge in [0.05, 0.1) is 6.54 Å². The first-order chi connectivity index (χ1) is 10.9. The molecule has 1 N–H and O–H groups in total. The molecule has 4 rings (SSSR count). The van der Waals surface area contributed by atoms with E-state index >= 15 is 0 Å². The molecule has 0 spiro atoms. The van der Waals surface area contributed by atoms with Gasteiger partial charge in [-0.25, -0.2) is 0 Å². The van der Waals surface area contributed by atoms with Crippen molar-refractivity contribution < 1.29 is 4.52 Å². The van der Waals surface area contributed by atoms with Crippen molar-refractivity contribution in [3.8, 4) is 11.3 Å². The Hall–Kier alpha value is -3.29. The molecule has 0 unspecified atom stereocenters. The van der Waals surface area contributed by atoms with E-state index in [4.69, 9.17) is 4.52 Å². The average molecular weight is 293 g/mol. The van der Waals surface area contributed by atoms with Crippen molar-refractivity contribution in [2.75, 3.05) is 5.32 Å². The number of benzene rings is 1. The predicted octanol–water partition coefficient (Wildman–Crippen LogP) is 1.79. The lowest BCUT2D eigenvalue weighted by Crippen LogP contribution is -2.04. The third-order valence-electron chi connectivity index (χ3n) is 3.14. The van der Waals surface area contributed by atoms with Crippen molar-refractivity contribution in [2.45, 2.75) is 6.54 Å². The molecule has 0 radical (unpaired) electrons. The summed E-state index contributed by atoms with van der Waals surface area (Å²) in [5.74, 6) is 1.39. The molecule has 3 aromatic heterocycles. The third-order valence-corrected chi connectivity index (χ3v) is 3.14. The maximum atomic E-state index is 5.35. The van der Waals surface area contributed by atoms with E-state index in [-0.39, 0.29) is 0 Å². The quantitative estimate of drug-likeness (QED) is 0.613. The number of fused-ring (bicyclic) bond motifs is 1. The second-order valence-electron chi connectivity index (χ2n) is 4.65. The Morgan fingerprint density at radius 3 is 2.91 bits per heavy atom. The summed E-state index contributed by atoms with van der Waals surface area (Å²) in [6.07, 6.45) is 0. The topological polar surface area (TPSA) is 94.0 Å². The Bertz CT molecular complexity index is 900. The number of anilines is 1. The highest BCUT2D eigenvalue weighted by molar-refractivity contribution is 5.57. The van der Waals surface area contributed by atoms with Gasteiger partial charge in [-0.2, -0.15) is 0 Å². The number of hydrogen-bond donors (Lipinski definition) is 1. The normalized spacial score (nSPS) is 10.9. The minimum atomic E-state index is 0.497. The van der Waals surface area contributed by atoms with Crippen LogP contribution in [0.3, 0.4) is 0 Å². The monoisotopic (exact) mass is 293 g/mol. The lowest BCUT2D eigenvalue weighted by molar-refractivity contribution is 0.424. The van der Waals surface area contributed by atoms with Crippen LogP contribution in [0.5, 0.6) is 0 Å². The molecule has 0 atom stereocenters. The Morgan fingerprint density at radius 2 is 2.00 bits per heavy atom. The second-order valence-corrected chi connectivity index (χ2v) is 4.65. The fraction of sp³-hybridized carbons (Fsp3) is 0.0714. The van der Waals surface area contributed by atoms with Crippen molar-refractivity contribution in [3.05, 3.63) is 54.2 Å². The van der Waals surface area contributed by atoms with E-state index in [1.54, 1.807) is 6.07 Å². The maximum absolute atomic E-state index is 5.35. The summed E-state index contributed by atoms with van der Waals surface area (Å²) >= 11 is 0. The number of rotatable bonds is 4. The molecule has 4 aromatic rings. The fourth-order valence-electron chi connectivity index (χ4n) is 2.06. The van der Waals surface area contributed by atoms with Crippen LogP contribution < -0.4 is 5.32 Å². The molecule has 0 aliphatic rings. The van der Waals surface area contributed by atoms with Crippen LogP contribution in [0.4, 0.5) is 5.82 Å². The molecule has 1 aromatic carbocycles. The number of aromatic nitrogens is 6. The molecule has 8 heteroatoms. The van der Waals surface area contributed by atoms with Crippen molar-refractivity contribution in [3.63, 3.8) is 0 Å². The van der Waals surface area contributed by atoms with Crippen LogP contribution in [-0.4, -0.2) is 30.4 Å². The molecule has 0 saturated carbocycles. The lowest BCUT2D eigenvalue weighted by Gasteiger charge is -2.01. The van der Waals surface area contributed by atoms with Crippen LogP contribution >= 0.6 is 0 Å². The van der Waals surface area contributed by atoms with Gasteiger partial charge in [0.15, 0.2) is 11.4 Å². The van der Waals surface area contributed by atoms with E-state index in [9.17, 15) is 0 Å². The highest BCUT2D eigenvalue weighted by atomic mass is 16.5. The summed E-state index contributed by atoms with van der Waals surface area (Å²) in [7, 11) is 0. The van der Waals surface area contributed by atoms with Gasteiger partial charge in [-0.3, -0.25) is 0 Å². The van der Waals surface area contributed by atoms with Crippen molar-refractivity contribution in [2.24, 2.45) is 0 Å². The molecule has 0 amide bonds. The van der Waals surface area contributed by atoms with Crippen molar-refractivity contribution in [1.82, 2.24) is 30.4 Å². The van der Waals surface area contributed by atoms with Crippen LogP contribution in [0.25, 0.3) is 17.0 Å². The van der Waals surface area contributed by atoms with E-state index in [0.717, 1.165) is 17.0 Å². The predicted molar refractivity (Wildman–Crippen MR) is 77.8 cm³/mol. The Kier molecular flexibility index (Phi) is 2.97. The standard InChI is InChI=1S/C14H11N7O/c1-2-4-10(5-3-1)12-8-11(18-22-12)9-15-13-6-7-14-16-19-20-21(14)17-13/h1-8H,9H2,(H,15,17). The first kappa shape index (κ1) is 12.5. The SMILES string of the molecule is c1ccc(-c2cc(CNc3ccc4nnnn4n3)no2)cc1. The number of tetrazole rings is 1. The first-order valence-corrected chi connectivity index (χ1v) is 6.69. The summed E-state index contributed by atoms with van der Waals surface area (Å²) < 4.78 is 6.71. The zero-order chi connectivity index (χ0) is 14.8. The molecule has 0 aliphatic carbocycles. The fourth-order valence-corrected chi connectivity index (χ4v) is 2.06. The van der Waals surface area contributed by atoms with Crippen LogP contribution in [0.1, 0.15) is 5.69 Å². The highest BCUT2D eigenvalue weighted by Gasteiger charge is 2.07. The van der Waals surface area contributed by atoms with Gasteiger partial charge in [0.25, 0.3) is 0 Å². The Labute approximate surface area is 124 Å². The van der Waals surface area contributed by atoms with Crippen LogP contribution in [0, 0.1) is 0 Å². The zero-order valence-corrected chi connectivity index (χ0v) is 11.4. The average Bonchev–Trinajstić information content (AvgIpc) is 3.22. The van der Waals surface area contributed by atoms with Crippen LogP contribution in [0.15, 0.2) is 53.1 Å². The van der Waals surface area contributed by atoms with Crippen molar-refractivity contribution in [1.29, 1.82) is 0 Å². The smallest absolute Gasteiger partial charge is 0.200 e. The van der Waals surface area contributed by atoms with Gasteiger partial charge < -0.3 is 9.84 Å². The van der Waals surface area contributed by atoms with Gasteiger partial charge in [0.2, 0.25) is 0 Å². The first-order valence-electron chi connectivity index (χ1n) is 6.69. The van der Waals surface area contributed by atoms with E-state index in [1.807, 2.05) is 42.5 Å². The van der Waals surface area contributed by atoms with Gasteiger partial charge in [0.1, 0.15) is 11.5 Å². The van der Waals surface area contributed by atoms with Gasteiger partial charge in [0, 0.05) is 11.6 Å².